The van der Waals surface area contributed by atoms with Crippen molar-refractivity contribution in [1.82, 2.24) is 4.90 Å². The maximum Gasteiger partial charge on any atom is 0.488 e. The first-order valence-electron chi connectivity index (χ1n) is 6.33. The summed E-state index contributed by atoms with van der Waals surface area (Å²) in [4.78, 5) is 13.5. The lowest BCUT2D eigenvalue weighted by Crippen LogP contribution is -2.42. The summed E-state index contributed by atoms with van der Waals surface area (Å²) in [6.07, 6.45) is 2.95. The second-order valence-corrected chi connectivity index (χ2v) is 4.73. The van der Waals surface area contributed by atoms with Crippen LogP contribution in [0.25, 0.3) is 0 Å². The molecule has 0 radical (unpaired) electrons. The number of amides is 1. The number of hydrogen-bond acceptors (Lipinski definition) is 3. The topological polar surface area (TPSA) is 60.8 Å². The Bertz CT molecular complexity index is 436. The smallest absolute Gasteiger partial charge is 0.423 e. The van der Waals surface area contributed by atoms with Crippen molar-refractivity contribution in [2.45, 2.75) is 32.2 Å². The van der Waals surface area contributed by atoms with E-state index in [1.165, 1.54) is 0 Å². The summed E-state index contributed by atoms with van der Waals surface area (Å²) in [5.41, 5.74) is 1.35. The van der Waals surface area contributed by atoms with Gasteiger partial charge in [0, 0.05) is 13.5 Å². The summed E-state index contributed by atoms with van der Waals surface area (Å²) in [5, 5.41) is 18.8. The van der Waals surface area contributed by atoms with Crippen LogP contribution in [-0.2, 0) is 4.79 Å². The van der Waals surface area contributed by atoms with Gasteiger partial charge in [-0.15, -0.1) is 0 Å². The minimum Gasteiger partial charge on any atom is -0.423 e. The lowest BCUT2D eigenvalue weighted by Gasteiger charge is -2.36. The number of carbonyl (C=O) groups is 1. The minimum atomic E-state index is -1.49. The average Bonchev–Trinajstić information content (AvgIpc) is 2.38. The SMILES string of the molecule is CC(=O)N1CCCCC1c1ccccc1B(O)O. The molecule has 0 bridgehead atoms. The quantitative estimate of drug-likeness (QED) is 0.745. The van der Waals surface area contributed by atoms with Crippen molar-refractivity contribution in [3.8, 4) is 0 Å². The molecule has 2 N–H and O–H groups in total. The largest absolute Gasteiger partial charge is 0.488 e. The molecule has 1 aliphatic heterocycles. The number of rotatable bonds is 2. The Balaban J connectivity index is 2.36. The number of likely N-dealkylation sites (tertiary alicyclic amines) is 1. The molecular formula is C13H18BNO3. The first-order valence-corrected chi connectivity index (χ1v) is 6.33. The van der Waals surface area contributed by atoms with Gasteiger partial charge in [0.25, 0.3) is 0 Å². The number of hydrogen-bond donors (Lipinski definition) is 2. The van der Waals surface area contributed by atoms with Crippen LogP contribution in [0.4, 0.5) is 0 Å². The van der Waals surface area contributed by atoms with Crippen molar-refractivity contribution in [2.75, 3.05) is 6.54 Å². The fourth-order valence-electron chi connectivity index (χ4n) is 2.68. The maximum absolute atomic E-state index is 11.7. The highest BCUT2D eigenvalue weighted by atomic mass is 16.4. The van der Waals surface area contributed by atoms with E-state index in [2.05, 4.69) is 0 Å². The molecule has 96 valence electrons. The molecule has 0 aromatic heterocycles. The predicted octanol–water partition coefficient (Wildman–Crippen LogP) is 0.440. The van der Waals surface area contributed by atoms with E-state index in [9.17, 15) is 14.8 Å². The summed E-state index contributed by atoms with van der Waals surface area (Å²) >= 11 is 0. The van der Waals surface area contributed by atoms with E-state index in [-0.39, 0.29) is 11.9 Å². The molecule has 0 aliphatic carbocycles. The van der Waals surface area contributed by atoms with Crippen molar-refractivity contribution in [3.63, 3.8) is 0 Å². The number of carbonyl (C=O) groups excluding carboxylic acids is 1. The van der Waals surface area contributed by atoms with Crippen molar-refractivity contribution in [2.24, 2.45) is 0 Å². The molecule has 1 atom stereocenters. The second-order valence-electron chi connectivity index (χ2n) is 4.73. The fourth-order valence-corrected chi connectivity index (χ4v) is 2.68. The fraction of sp³-hybridized carbons (Fsp3) is 0.462. The monoisotopic (exact) mass is 247 g/mol. The minimum absolute atomic E-state index is 0.0331. The number of nitrogens with zero attached hydrogens (tertiary/aromatic N) is 1. The Morgan fingerprint density at radius 1 is 1.33 bits per heavy atom. The number of benzene rings is 1. The lowest BCUT2D eigenvalue weighted by molar-refractivity contribution is -0.132. The molecule has 1 heterocycles. The summed E-state index contributed by atoms with van der Waals surface area (Å²) in [5.74, 6) is 0.0435. The third-order valence-electron chi connectivity index (χ3n) is 3.54. The van der Waals surface area contributed by atoms with Gasteiger partial charge in [0.15, 0.2) is 0 Å². The summed E-state index contributed by atoms with van der Waals surface area (Å²) in [6, 6.07) is 7.19. The van der Waals surface area contributed by atoms with Crippen LogP contribution < -0.4 is 5.46 Å². The van der Waals surface area contributed by atoms with Gasteiger partial charge in [0.05, 0.1) is 6.04 Å². The second kappa shape index (κ2) is 5.54. The molecule has 0 saturated carbocycles. The van der Waals surface area contributed by atoms with Crippen LogP contribution in [0.2, 0.25) is 0 Å². The van der Waals surface area contributed by atoms with Crippen molar-refractivity contribution in [1.29, 1.82) is 0 Å². The molecule has 0 spiro atoms. The Labute approximate surface area is 107 Å². The van der Waals surface area contributed by atoms with Crippen LogP contribution in [0, 0.1) is 0 Å². The first kappa shape index (κ1) is 13.1. The maximum atomic E-state index is 11.7. The van der Waals surface area contributed by atoms with Gasteiger partial charge >= 0.3 is 7.12 Å². The number of piperidine rings is 1. The van der Waals surface area contributed by atoms with E-state index >= 15 is 0 Å². The Kier molecular flexibility index (Phi) is 4.04. The normalized spacial score (nSPS) is 19.7. The zero-order valence-corrected chi connectivity index (χ0v) is 10.5. The Morgan fingerprint density at radius 3 is 2.72 bits per heavy atom. The summed E-state index contributed by atoms with van der Waals surface area (Å²) < 4.78 is 0. The van der Waals surface area contributed by atoms with Crippen LogP contribution in [0.15, 0.2) is 24.3 Å². The van der Waals surface area contributed by atoms with E-state index < -0.39 is 7.12 Å². The van der Waals surface area contributed by atoms with Crippen LogP contribution in [0.3, 0.4) is 0 Å². The van der Waals surface area contributed by atoms with E-state index in [0.29, 0.717) is 5.46 Å². The van der Waals surface area contributed by atoms with E-state index in [4.69, 9.17) is 0 Å². The van der Waals surface area contributed by atoms with E-state index in [1.807, 2.05) is 17.0 Å². The van der Waals surface area contributed by atoms with Gasteiger partial charge < -0.3 is 14.9 Å². The molecule has 5 heteroatoms. The van der Waals surface area contributed by atoms with E-state index in [0.717, 1.165) is 31.4 Å². The van der Waals surface area contributed by atoms with Crippen LogP contribution in [0.1, 0.15) is 37.8 Å². The van der Waals surface area contributed by atoms with Gasteiger partial charge in [-0.2, -0.15) is 0 Å². The zero-order chi connectivity index (χ0) is 13.1. The predicted molar refractivity (Wildman–Crippen MR) is 70.2 cm³/mol. The average molecular weight is 247 g/mol. The van der Waals surface area contributed by atoms with Crippen molar-refractivity contribution >= 4 is 18.5 Å². The lowest BCUT2D eigenvalue weighted by atomic mass is 9.74. The molecule has 1 saturated heterocycles. The highest BCUT2D eigenvalue weighted by Gasteiger charge is 2.29. The molecule has 1 aliphatic rings. The zero-order valence-electron chi connectivity index (χ0n) is 10.5. The van der Waals surface area contributed by atoms with E-state index in [1.54, 1.807) is 19.1 Å². The van der Waals surface area contributed by atoms with Gasteiger partial charge in [0.1, 0.15) is 0 Å². The third kappa shape index (κ3) is 2.57. The summed E-state index contributed by atoms with van der Waals surface area (Å²) in [6.45, 7) is 2.31. The van der Waals surface area contributed by atoms with Gasteiger partial charge in [-0.3, -0.25) is 4.79 Å². The third-order valence-corrected chi connectivity index (χ3v) is 3.54. The van der Waals surface area contributed by atoms with Crippen LogP contribution >= 0.6 is 0 Å². The molecule has 2 rings (SSSR count). The summed E-state index contributed by atoms with van der Waals surface area (Å²) in [7, 11) is -1.49. The van der Waals surface area contributed by atoms with Gasteiger partial charge in [-0.1, -0.05) is 24.3 Å². The molecule has 4 nitrogen and oxygen atoms in total. The van der Waals surface area contributed by atoms with Crippen molar-refractivity contribution < 1.29 is 14.8 Å². The van der Waals surface area contributed by atoms with Crippen molar-refractivity contribution in [3.05, 3.63) is 29.8 Å². The highest BCUT2D eigenvalue weighted by molar-refractivity contribution is 6.59. The molecule has 1 fully saturated rings. The van der Waals surface area contributed by atoms with Gasteiger partial charge in [-0.25, -0.2) is 0 Å². The van der Waals surface area contributed by atoms with Gasteiger partial charge in [-0.05, 0) is 30.3 Å². The van der Waals surface area contributed by atoms with Gasteiger partial charge in [0.2, 0.25) is 5.91 Å². The molecule has 18 heavy (non-hydrogen) atoms. The molecule has 1 aromatic carbocycles. The highest BCUT2D eigenvalue weighted by Crippen LogP contribution is 2.30. The standard InChI is InChI=1S/C13H18BNO3/c1-10(16)15-9-5-4-8-13(15)11-6-2-3-7-12(11)14(17)18/h2-3,6-7,13,17-18H,4-5,8-9H2,1H3. The molecule has 1 amide bonds. The molecule has 1 aromatic rings. The Morgan fingerprint density at radius 2 is 2.06 bits per heavy atom. The van der Waals surface area contributed by atoms with Crippen LogP contribution in [-0.4, -0.2) is 34.5 Å². The molecule has 1 unspecified atom stereocenters. The van der Waals surface area contributed by atoms with Crippen LogP contribution in [0.5, 0.6) is 0 Å². The Hall–Kier alpha value is -1.33. The molecular weight excluding hydrogens is 229 g/mol. The first-order chi connectivity index (χ1) is 8.61.